The van der Waals surface area contributed by atoms with E-state index in [4.69, 9.17) is 4.74 Å². The van der Waals surface area contributed by atoms with Crippen molar-refractivity contribution >= 4 is 16.5 Å². The second-order valence-corrected chi connectivity index (χ2v) is 6.36. The molecule has 1 aromatic rings. The van der Waals surface area contributed by atoms with Crippen LogP contribution in [0.2, 0.25) is 0 Å². The highest BCUT2D eigenvalue weighted by Crippen LogP contribution is 2.24. The van der Waals surface area contributed by atoms with Crippen LogP contribution >= 0.6 is 11.3 Å². The molecule has 0 saturated carbocycles. The average molecular weight is 300 g/mol. The van der Waals surface area contributed by atoms with Gasteiger partial charge < -0.3 is 9.84 Å². The molecule has 1 aliphatic heterocycles. The first-order chi connectivity index (χ1) is 9.65. The standard InChI is InChI=1S/C13H24N4O2S/c1-10(2)12-8-14-13(20-12)16-15-7-11(18)9-17-3-5-19-6-4-17/h8,10-11,15,18H,3-7,9H2,1-2H3,(H,14,16). The molecule has 1 saturated heterocycles. The van der Waals surface area contributed by atoms with Crippen LogP contribution in [0.25, 0.3) is 0 Å². The Morgan fingerprint density at radius 2 is 2.20 bits per heavy atom. The summed E-state index contributed by atoms with van der Waals surface area (Å²) in [6, 6.07) is 0. The maximum atomic E-state index is 9.97. The van der Waals surface area contributed by atoms with Gasteiger partial charge in [0.2, 0.25) is 0 Å². The molecule has 1 fully saturated rings. The Balaban J connectivity index is 1.64. The van der Waals surface area contributed by atoms with Crippen LogP contribution in [0, 0.1) is 0 Å². The van der Waals surface area contributed by atoms with Gasteiger partial charge in [-0.2, -0.15) is 0 Å². The highest BCUT2D eigenvalue weighted by Gasteiger charge is 2.14. The van der Waals surface area contributed by atoms with Crippen LogP contribution in [0.3, 0.4) is 0 Å². The summed E-state index contributed by atoms with van der Waals surface area (Å²) in [6.07, 6.45) is 1.49. The lowest BCUT2D eigenvalue weighted by atomic mass is 10.2. The highest BCUT2D eigenvalue weighted by atomic mass is 32.1. The molecule has 0 radical (unpaired) electrons. The number of thiazole rings is 1. The number of morpholine rings is 1. The van der Waals surface area contributed by atoms with E-state index in [0.29, 0.717) is 19.0 Å². The predicted molar refractivity (Wildman–Crippen MR) is 81.1 cm³/mol. The zero-order chi connectivity index (χ0) is 14.4. The minimum atomic E-state index is -0.398. The zero-order valence-electron chi connectivity index (χ0n) is 12.1. The van der Waals surface area contributed by atoms with E-state index in [1.165, 1.54) is 4.88 Å². The minimum Gasteiger partial charge on any atom is -0.390 e. The molecular formula is C13H24N4O2S. The largest absolute Gasteiger partial charge is 0.390 e. The summed E-state index contributed by atoms with van der Waals surface area (Å²) in [6.45, 7) is 8.78. The molecule has 1 atom stereocenters. The van der Waals surface area contributed by atoms with Crippen molar-refractivity contribution < 1.29 is 9.84 Å². The SMILES string of the molecule is CC(C)c1cnc(NNCC(O)CN2CCOCC2)s1. The predicted octanol–water partition coefficient (Wildman–Crippen LogP) is 0.876. The third kappa shape index (κ3) is 4.99. The molecule has 1 aliphatic rings. The van der Waals surface area contributed by atoms with Crippen molar-refractivity contribution in [2.45, 2.75) is 25.9 Å². The van der Waals surface area contributed by atoms with Crippen LogP contribution in [0.1, 0.15) is 24.6 Å². The number of β-amino-alcohol motifs (C(OH)–C–C–N with tert-alkyl or cyclic N) is 1. The van der Waals surface area contributed by atoms with E-state index in [2.05, 4.69) is 34.6 Å². The van der Waals surface area contributed by atoms with Crippen molar-refractivity contribution in [1.29, 1.82) is 0 Å². The number of nitrogens with zero attached hydrogens (tertiary/aromatic N) is 2. The average Bonchev–Trinajstić information content (AvgIpc) is 2.89. The van der Waals surface area contributed by atoms with Crippen LogP contribution in [-0.4, -0.2) is 60.5 Å². The quantitative estimate of drug-likeness (QED) is 0.649. The molecule has 0 aromatic carbocycles. The lowest BCUT2D eigenvalue weighted by Crippen LogP contribution is -2.44. The summed E-state index contributed by atoms with van der Waals surface area (Å²) in [5.41, 5.74) is 6.08. The molecule has 1 aromatic heterocycles. The lowest BCUT2D eigenvalue weighted by Gasteiger charge is -2.28. The Kier molecular flexibility index (Phi) is 6.18. The van der Waals surface area contributed by atoms with E-state index in [0.717, 1.165) is 31.4 Å². The van der Waals surface area contributed by atoms with E-state index < -0.39 is 6.10 Å². The van der Waals surface area contributed by atoms with Crippen molar-refractivity contribution in [2.24, 2.45) is 0 Å². The third-order valence-corrected chi connectivity index (χ3v) is 4.41. The van der Waals surface area contributed by atoms with Gasteiger partial charge in [0.15, 0.2) is 5.13 Å². The number of nitrogens with one attached hydrogen (secondary N) is 2. The van der Waals surface area contributed by atoms with Gasteiger partial charge in [0.1, 0.15) is 0 Å². The van der Waals surface area contributed by atoms with Crippen LogP contribution in [0.5, 0.6) is 0 Å². The summed E-state index contributed by atoms with van der Waals surface area (Å²) in [5, 5.41) is 10.8. The topological polar surface area (TPSA) is 69.7 Å². The fourth-order valence-electron chi connectivity index (χ4n) is 2.00. The molecule has 7 heteroatoms. The van der Waals surface area contributed by atoms with Gasteiger partial charge in [-0.3, -0.25) is 10.3 Å². The number of hydrazine groups is 1. The molecule has 6 nitrogen and oxygen atoms in total. The Morgan fingerprint density at radius 1 is 1.45 bits per heavy atom. The molecule has 2 rings (SSSR count). The fraction of sp³-hybridized carbons (Fsp3) is 0.769. The van der Waals surface area contributed by atoms with Crippen LogP contribution in [0.4, 0.5) is 5.13 Å². The number of aromatic nitrogens is 1. The molecule has 1 unspecified atom stereocenters. The van der Waals surface area contributed by atoms with E-state index in [9.17, 15) is 5.11 Å². The van der Waals surface area contributed by atoms with Gasteiger partial charge in [-0.1, -0.05) is 13.8 Å². The molecule has 0 bridgehead atoms. The minimum absolute atomic E-state index is 0.398. The van der Waals surface area contributed by atoms with Crippen molar-refractivity contribution in [1.82, 2.24) is 15.3 Å². The smallest absolute Gasteiger partial charge is 0.197 e. The number of hydrogen-bond donors (Lipinski definition) is 3. The molecule has 0 amide bonds. The summed E-state index contributed by atoms with van der Waals surface area (Å²) in [5.74, 6) is 0.495. The summed E-state index contributed by atoms with van der Waals surface area (Å²) < 4.78 is 5.28. The highest BCUT2D eigenvalue weighted by molar-refractivity contribution is 7.15. The molecule has 0 aliphatic carbocycles. The monoisotopic (exact) mass is 300 g/mol. The van der Waals surface area contributed by atoms with Crippen LogP contribution in [0.15, 0.2) is 6.20 Å². The summed E-state index contributed by atoms with van der Waals surface area (Å²) in [4.78, 5) is 7.76. The van der Waals surface area contributed by atoms with E-state index >= 15 is 0 Å². The molecule has 114 valence electrons. The Hall–Kier alpha value is -0.730. The van der Waals surface area contributed by atoms with Gasteiger partial charge in [0.05, 0.1) is 19.3 Å². The first kappa shape index (κ1) is 15.7. The van der Waals surface area contributed by atoms with Gasteiger partial charge in [0.25, 0.3) is 0 Å². The van der Waals surface area contributed by atoms with Crippen molar-refractivity contribution in [3.8, 4) is 0 Å². The molecular weight excluding hydrogens is 276 g/mol. The van der Waals surface area contributed by atoms with E-state index in [1.807, 2.05) is 6.20 Å². The summed E-state index contributed by atoms with van der Waals surface area (Å²) in [7, 11) is 0. The van der Waals surface area contributed by atoms with E-state index in [-0.39, 0.29) is 0 Å². The molecule has 20 heavy (non-hydrogen) atoms. The summed E-state index contributed by atoms with van der Waals surface area (Å²) >= 11 is 1.64. The van der Waals surface area contributed by atoms with Crippen molar-refractivity contribution in [3.63, 3.8) is 0 Å². The lowest BCUT2D eigenvalue weighted by molar-refractivity contribution is 0.0152. The second-order valence-electron chi connectivity index (χ2n) is 5.30. The number of aliphatic hydroxyl groups is 1. The van der Waals surface area contributed by atoms with Gasteiger partial charge in [0, 0.05) is 37.3 Å². The number of ether oxygens (including phenoxy) is 1. The number of rotatable bonds is 7. The van der Waals surface area contributed by atoms with Crippen LogP contribution in [-0.2, 0) is 4.74 Å². The first-order valence-electron chi connectivity index (χ1n) is 7.08. The number of anilines is 1. The Bertz CT molecular complexity index is 393. The molecule has 2 heterocycles. The Morgan fingerprint density at radius 3 is 2.85 bits per heavy atom. The number of hydrogen-bond acceptors (Lipinski definition) is 7. The van der Waals surface area contributed by atoms with Gasteiger partial charge in [-0.15, -0.1) is 11.3 Å². The third-order valence-electron chi connectivity index (χ3n) is 3.20. The van der Waals surface area contributed by atoms with Crippen molar-refractivity contribution in [3.05, 3.63) is 11.1 Å². The first-order valence-corrected chi connectivity index (χ1v) is 7.89. The normalized spacial score (nSPS) is 18.4. The molecule has 0 spiro atoms. The Labute approximate surface area is 124 Å². The second kappa shape index (κ2) is 7.90. The fourth-order valence-corrected chi connectivity index (χ4v) is 2.80. The van der Waals surface area contributed by atoms with Crippen molar-refractivity contribution in [2.75, 3.05) is 44.8 Å². The maximum absolute atomic E-state index is 9.97. The maximum Gasteiger partial charge on any atom is 0.197 e. The van der Waals surface area contributed by atoms with E-state index in [1.54, 1.807) is 11.3 Å². The van der Waals surface area contributed by atoms with Gasteiger partial charge in [-0.05, 0) is 5.92 Å². The van der Waals surface area contributed by atoms with Gasteiger partial charge >= 0.3 is 0 Å². The zero-order valence-corrected chi connectivity index (χ0v) is 12.9. The molecule has 3 N–H and O–H groups in total. The van der Waals surface area contributed by atoms with Crippen LogP contribution < -0.4 is 10.9 Å². The number of aliphatic hydroxyl groups excluding tert-OH is 1. The van der Waals surface area contributed by atoms with Gasteiger partial charge in [-0.25, -0.2) is 10.4 Å².